The minimum atomic E-state index is -0.552. The number of nitrogens with one attached hydrogen (secondary N) is 2. The zero-order valence-electron chi connectivity index (χ0n) is 14.3. The van der Waals surface area contributed by atoms with Crippen LogP contribution in [0.4, 0.5) is 23.1 Å². The monoisotopic (exact) mass is 344 g/mol. The van der Waals surface area contributed by atoms with E-state index in [0.29, 0.717) is 18.4 Å². The lowest BCUT2D eigenvalue weighted by Gasteiger charge is -2.16. The van der Waals surface area contributed by atoms with Crippen LogP contribution in [0.25, 0.3) is 0 Å². The molecule has 1 heterocycles. The highest BCUT2D eigenvalue weighted by Crippen LogP contribution is 2.28. The van der Waals surface area contributed by atoms with Gasteiger partial charge in [0.15, 0.2) is 0 Å². The van der Waals surface area contributed by atoms with Crippen molar-refractivity contribution in [3.8, 4) is 0 Å². The van der Waals surface area contributed by atoms with E-state index < -0.39 is 10.8 Å². The number of nitrogens with zero attached hydrogens (tertiary/aromatic N) is 3. The van der Waals surface area contributed by atoms with E-state index in [1.54, 1.807) is 19.2 Å². The Hall–Kier alpha value is -3.23. The van der Waals surface area contributed by atoms with Crippen LogP contribution in [0.1, 0.15) is 35.3 Å². The zero-order valence-corrected chi connectivity index (χ0v) is 14.3. The van der Waals surface area contributed by atoms with Crippen molar-refractivity contribution < 1.29 is 9.72 Å². The van der Waals surface area contributed by atoms with Crippen molar-refractivity contribution in [3.05, 3.63) is 45.1 Å². The first-order valence-electron chi connectivity index (χ1n) is 7.83. The Morgan fingerprint density at radius 1 is 1.28 bits per heavy atom. The second-order valence-electron chi connectivity index (χ2n) is 5.25. The van der Waals surface area contributed by atoms with E-state index in [1.807, 2.05) is 13.8 Å². The summed E-state index contributed by atoms with van der Waals surface area (Å²) >= 11 is 0. The summed E-state index contributed by atoms with van der Waals surface area (Å²) in [5, 5.41) is 16.7. The van der Waals surface area contributed by atoms with Crippen LogP contribution in [0.15, 0.2) is 18.3 Å². The van der Waals surface area contributed by atoms with Crippen LogP contribution in [0.2, 0.25) is 0 Å². The van der Waals surface area contributed by atoms with Crippen molar-refractivity contribution in [1.82, 2.24) is 9.97 Å². The highest BCUT2D eigenvalue weighted by atomic mass is 16.6. The SMILES string of the molecule is CCc1c(Nc2ncc([N+](=O)[O-])c(NC)n2)ccc(C(N)=O)c1CC. The molecule has 0 atom stereocenters. The molecule has 0 aliphatic carbocycles. The number of benzene rings is 1. The summed E-state index contributed by atoms with van der Waals surface area (Å²) in [7, 11) is 1.55. The normalized spacial score (nSPS) is 10.4. The maximum absolute atomic E-state index is 11.6. The van der Waals surface area contributed by atoms with Crippen molar-refractivity contribution in [3.63, 3.8) is 0 Å². The summed E-state index contributed by atoms with van der Waals surface area (Å²) in [4.78, 5) is 30.1. The van der Waals surface area contributed by atoms with E-state index in [0.717, 1.165) is 23.0 Å². The fourth-order valence-corrected chi connectivity index (χ4v) is 2.72. The molecule has 132 valence electrons. The fraction of sp³-hybridized carbons (Fsp3) is 0.312. The largest absolute Gasteiger partial charge is 0.367 e. The Morgan fingerprint density at radius 3 is 2.48 bits per heavy atom. The summed E-state index contributed by atoms with van der Waals surface area (Å²) in [5.41, 5.74) is 8.27. The van der Waals surface area contributed by atoms with Gasteiger partial charge in [-0.15, -0.1) is 0 Å². The van der Waals surface area contributed by atoms with E-state index in [4.69, 9.17) is 5.73 Å². The smallest absolute Gasteiger partial charge is 0.329 e. The molecule has 1 aromatic heterocycles. The third-order valence-electron chi connectivity index (χ3n) is 3.85. The molecule has 0 fully saturated rings. The summed E-state index contributed by atoms with van der Waals surface area (Å²) < 4.78 is 0. The third kappa shape index (κ3) is 3.65. The van der Waals surface area contributed by atoms with Crippen molar-refractivity contribution >= 4 is 29.0 Å². The standard InChI is InChI=1S/C16H20N6O3/c1-4-9-10(5-2)12(7-6-11(9)14(17)23)20-16-19-8-13(22(24)25)15(18-3)21-16/h6-8H,4-5H2,1-3H3,(H2,17,23)(H2,18,19,20,21). The molecule has 2 rings (SSSR count). The molecule has 9 heteroatoms. The molecule has 4 N–H and O–H groups in total. The molecule has 0 unspecified atom stereocenters. The molecule has 0 aliphatic rings. The van der Waals surface area contributed by atoms with E-state index in [1.165, 1.54) is 0 Å². The topological polar surface area (TPSA) is 136 Å². The van der Waals surface area contributed by atoms with E-state index in [2.05, 4.69) is 20.6 Å². The van der Waals surface area contributed by atoms with Gasteiger partial charge in [-0.2, -0.15) is 4.98 Å². The van der Waals surface area contributed by atoms with Gasteiger partial charge in [-0.1, -0.05) is 13.8 Å². The second kappa shape index (κ2) is 7.56. The van der Waals surface area contributed by atoms with Gasteiger partial charge < -0.3 is 16.4 Å². The second-order valence-corrected chi connectivity index (χ2v) is 5.25. The van der Waals surface area contributed by atoms with Crippen LogP contribution in [0, 0.1) is 10.1 Å². The quantitative estimate of drug-likeness (QED) is 0.518. The van der Waals surface area contributed by atoms with Gasteiger partial charge in [-0.25, -0.2) is 4.98 Å². The van der Waals surface area contributed by atoms with Gasteiger partial charge in [0.1, 0.15) is 6.20 Å². The Balaban J connectivity index is 2.47. The maximum atomic E-state index is 11.6. The molecule has 25 heavy (non-hydrogen) atoms. The number of nitrogens with two attached hydrogens (primary N) is 1. The summed E-state index contributed by atoms with van der Waals surface area (Å²) in [6.07, 6.45) is 2.48. The highest BCUT2D eigenvalue weighted by molar-refractivity contribution is 5.95. The first kappa shape index (κ1) is 18.1. The molecule has 0 aliphatic heterocycles. The molecule has 2 aromatic rings. The van der Waals surface area contributed by atoms with Crippen LogP contribution in [0.5, 0.6) is 0 Å². The Morgan fingerprint density at radius 2 is 1.96 bits per heavy atom. The van der Waals surface area contributed by atoms with Crippen molar-refractivity contribution in [2.24, 2.45) is 5.73 Å². The van der Waals surface area contributed by atoms with Crippen molar-refractivity contribution in [2.75, 3.05) is 17.7 Å². The van der Waals surface area contributed by atoms with Gasteiger partial charge in [0.05, 0.1) is 4.92 Å². The molecule has 9 nitrogen and oxygen atoms in total. The minimum absolute atomic E-state index is 0.116. The van der Waals surface area contributed by atoms with Crippen molar-refractivity contribution in [1.29, 1.82) is 0 Å². The summed E-state index contributed by atoms with van der Waals surface area (Å²) in [6.45, 7) is 3.92. The first-order chi connectivity index (χ1) is 11.9. The fourth-order valence-electron chi connectivity index (χ4n) is 2.72. The zero-order chi connectivity index (χ0) is 18.6. The Labute approximate surface area is 144 Å². The number of rotatable bonds is 7. The molecule has 1 amide bonds. The number of carbonyl (C=O) groups excluding carboxylic acids is 1. The number of hydrogen-bond acceptors (Lipinski definition) is 7. The molecular formula is C16H20N6O3. The number of anilines is 3. The van der Waals surface area contributed by atoms with Crippen LogP contribution in [-0.2, 0) is 12.8 Å². The van der Waals surface area contributed by atoms with Crippen LogP contribution in [0.3, 0.4) is 0 Å². The first-order valence-corrected chi connectivity index (χ1v) is 7.83. The van der Waals surface area contributed by atoms with E-state index in [-0.39, 0.29) is 17.5 Å². The lowest BCUT2D eigenvalue weighted by molar-refractivity contribution is -0.384. The molecule has 0 saturated carbocycles. The predicted molar refractivity (Wildman–Crippen MR) is 95.2 cm³/mol. The van der Waals surface area contributed by atoms with Gasteiger partial charge in [0.25, 0.3) is 0 Å². The van der Waals surface area contributed by atoms with Gasteiger partial charge in [-0.3, -0.25) is 14.9 Å². The number of nitro groups is 1. The maximum Gasteiger partial charge on any atom is 0.329 e. The van der Waals surface area contributed by atoms with Gasteiger partial charge in [0.2, 0.25) is 17.7 Å². The number of amides is 1. The Kier molecular flexibility index (Phi) is 5.48. The lowest BCUT2D eigenvalue weighted by Crippen LogP contribution is -2.16. The average molecular weight is 344 g/mol. The number of aromatic nitrogens is 2. The van der Waals surface area contributed by atoms with Crippen LogP contribution in [-0.4, -0.2) is 27.8 Å². The van der Waals surface area contributed by atoms with E-state index >= 15 is 0 Å². The van der Waals surface area contributed by atoms with Gasteiger partial charge in [0, 0.05) is 18.3 Å². The highest BCUT2D eigenvalue weighted by Gasteiger charge is 2.18. The third-order valence-corrected chi connectivity index (χ3v) is 3.85. The summed E-state index contributed by atoms with van der Waals surface area (Å²) in [5.74, 6) is -0.134. The Bertz CT molecular complexity index is 822. The van der Waals surface area contributed by atoms with Crippen molar-refractivity contribution in [2.45, 2.75) is 26.7 Å². The van der Waals surface area contributed by atoms with Crippen LogP contribution >= 0.6 is 0 Å². The molecular weight excluding hydrogens is 324 g/mol. The lowest BCUT2D eigenvalue weighted by atomic mass is 9.95. The average Bonchev–Trinajstić information content (AvgIpc) is 2.60. The van der Waals surface area contributed by atoms with E-state index in [9.17, 15) is 14.9 Å². The number of carbonyl (C=O) groups is 1. The molecule has 0 bridgehead atoms. The van der Waals surface area contributed by atoms with Crippen LogP contribution < -0.4 is 16.4 Å². The molecule has 0 spiro atoms. The molecule has 0 radical (unpaired) electrons. The number of hydrogen-bond donors (Lipinski definition) is 3. The number of primary amides is 1. The van der Waals surface area contributed by atoms with Gasteiger partial charge >= 0.3 is 5.69 Å². The molecule has 1 aromatic carbocycles. The van der Waals surface area contributed by atoms with Gasteiger partial charge in [-0.05, 0) is 36.1 Å². The summed E-state index contributed by atoms with van der Waals surface area (Å²) in [6, 6.07) is 3.40. The molecule has 0 saturated heterocycles. The minimum Gasteiger partial charge on any atom is -0.367 e. The predicted octanol–water partition coefficient (Wildman–Crippen LogP) is 2.39.